The van der Waals surface area contributed by atoms with E-state index in [9.17, 15) is 9.59 Å². The van der Waals surface area contributed by atoms with Gasteiger partial charge < -0.3 is 15.0 Å². The van der Waals surface area contributed by atoms with E-state index in [0.29, 0.717) is 19.5 Å². The Bertz CT molecular complexity index is 508. The predicted octanol–water partition coefficient (Wildman–Crippen LogP) is 1.36. The highest BCUT2D eigenvalue weighted by Crippen LogP contribution is 2.19. The molecule has 0 radical (unpaired) electrons. The molecule has 114 valence electrons. The van der Waals surface area contributed by atoms with Crippen LogP contribution in [0.3, 0.4) is 0 Å². The van der Waals surface area contributed by atoms with Gasteiger partial charge >= 0.3 is 0 Å². The molecular formula is C16H22N2O3. The molecule has 2 amide bonds. The van der Waals surface area contributed by atoms with E-state index in [0.717, 1.165) is 24.2 Å². The fourth-order valence-corrected chi connectivity index (χ4v) is 2.68. The minimum Gasteiger partial charge on any atom is -0.496 e. The van der Waals surface area contributed by atoms with Gasteiger partial charge in [0.2, 0.25) is 11.8 Å². The quantitative estimate of drug-likeness (QED) is 0.911. The van der Waals surface area contributed by atoms with Gasteiger partial charge in [0.05, 0.1) is 13.5 Å². The van der Waals surface area contributed by atoms with E-state index in [-0.39, 0.29) is 17.9 Å². The van der Waals surface area contributed by atoms with Gasteiger partial charge in [0.15, 0.2) is 0 Å². The molecule has 1 aliphatic heterocycles. The monoisotopic (exact) mass is 290 g/mol. The second-order valence-electron chi connectivity index (χ2n) is 5.34. The van der Waals surface area contributed by atoms with Gasteiger partial charge in [0.1, 0.15) is 5.75 Å². The minimum atomic E-state index is -0.00574. The number of nitrogens with zero attached hydrogens (tertiary/aromatic N) is 1. The summed E-state index contributed by atoms with van der Waals surface area (Å²) in [5.74, 6) is 0.855. The number of carbonyl (C=O) groups excluding carboxylic acids is 2. The summed E-state index contributed by atoms with van der Waals surface area (Å²) in [4.78, 5) is 25.2. The zero-order valence-electron chi connectivity index (χ0n) is 12.6. The van der Waals surface area contributed by atoms with Crippen LogP contribution in [0.1, 0.15) is 25.3 Å². The molecule has 1 N–H and O–H groups in total. The normalized spacial score (nSPS) is 15.6. The molecule has 1 heterocycles. The van der Waals surface area contributed by atoms with E-state index < -0.39 is 0 Å². The molecular weight excluding hydrogens is 268 g/mol. The number of hydrogen-bond donors (Lipinski definition) is 1. The van der Waals surface area contributed by atoms with Crippen molar-refractivity contribution >= 4 is 11.8 Å². The largest absolute Gasteiger partial charge is 0.496 e. The summed E-state index contributed by atoms with van der Waals surface area (Å²) in [6.07, 6.45) is 1.99. The molecule has 5 nitrogen and oxygen atoms in total. The predicted molar refractivity (Wildman–Crippen MR) is 80.1 cm³/mol. The minimum absolute atomic E-state index is 0.00574. The van der Waals surface area contributed by atoms with Crippen LogP contribution in [0.15, 0.2) is 24.3 Å². The van der Waals surface area contributed by atoms with Crippen LogP contribution in [0.5, 0.6) is 5.75 Å². The lowest BCUT2D eigenvalue weighted by molar-refractivity contribution is -0.131. The maximum absolute atomic E-state index is 12.3. The molecule has 1 aliphatic rings. The Morgan fingerprint density at radius 2 is 1.95 bits per heavy atom. The molecule has 0 aliphatic carbocycles. The Balaban J connectivity index is 1.89. The SMILES string of the molecule is COc1ccccc1CC(=O)N1CCC(NC(C)=O)CC1. The van der Waals surface area contributed by atoms with Gasteiger partial charge in [0, 0.05) is 31.6 Å². The first-order valence-electron chi connectivity index (χ1n) is 7.27. The van der Waals surface area contributed by atoms with Crippen LogP contribution in [-0.2, 0) is 16.0 Å². The fraction of sp³-hybridized carbons (Fsp3) is 0.500. The number of ether oxygens (including phenoxy) is 1. The lowest BCUT2D eigenvalue weighted by atomic mass is 10.0. The summed E-state index contributed by atoms with van der Waals surface area (Å²) in [6.45, 7) is 2.91. The first-order chi connectivity index (χ1) is 10.1. The Morgan fingerprint density at radius 1 is 1.29 bits per heavy atom. The number of likely N-dealkylation sites (tertiary alicyclic amines) is 1. The third-order valence-corrected chi connectivity index (χ3v) is 3.79. The number of carbonyl (C=O) groups is 2. The summed E-state index contributed by atoms with van der Waals surface area (Å²) >= 11 is 0. The van der Waals surface area contributed by atoms with E-state index in [1.54, 1.807) is 7.11 Å². The van der Waals surface area contributed by atoms with Crippen molar-refractivity contribution in [3.8, 4) is 5.75 Å². The van der Waals surface area contributed by atoms with Gasteiger partial charge in [-0.15, -0.1) is 0 Å². The molecule has 0 unspecified atom stereocenters. The Hall–Kier alpha value is -2.04. The molecule has 0 spiro atoms. The Morgan fingerprint density at radius 3 is 2.57 bits per heavy atom. The maximum Gasteiger partial charge on any atom is 0.227 e. The summed E-state index contributed by atoms with van der Waals surface area (Å²) in [7, 11) is 1.61. The van der Waals surface area contributed by atoms with Crippen LogP contribution in [-0.4, -0.2) is 43.0 Å². The summed E-state index contributed by atoms with van der Waals surface area (Å²) < 4.78 is 5.28. The van der Waals surface area contributed by atoms with Crippen molar-refractivity contribution in [1.29, 1.82) is 0 Å². The van der Waals surface area contributed by atoms with E-state index >= 15 is 0 Å². The van der Waals surface area contributed by atoms with Crippen LogP contribution >= 0.6 is 0 Å². The van der Waals surface area contributed by atoms with Gasteiger partial charge in [-0.3, -0.25) is 9.59 Å². The van der Waals surface area contributed by atoms with Crippen molar-refractivity contribution in [3.63, 3.8) is 0 Å². The van der Waals surface area contributed by atoms with Crippen LogP contribution in [0.4, 0.5) is 0 Å². The standard InChI is InChI=1S/C16H22N2O3/c1-12(19)17-14-7-9-18(10-8-14)16(20)11-13-5-3-4-6-15(13)21-2/h3-6,14H,7-11H2,1-2H3,(H,17,19). The fourth-order valence-electron chi connectivity index (χ4n) is 2.68. The van der Waals surface area contributed by atoms with Crippen molar-refractivity contribution in [1.82, 2.24) is 10.2 Å². The topological polar surface area (TPSA) is 58.6 Å². The van der Waals surface area contributed by atoms with E-state index in [1.807, 2.05) is 29.2 Å². The molecule has 5 heteroatoms. The van der Waals surface area contributed by atoms with Crippen LogP contribution < -0.4 is 10.1 Å². The van der Waals surface area contributed by atoms with Crippen LogP contribution in [0.25, 0.3) is 0 Å². The van der Waals surface area contributed by atoms with E-state index in [2.05, 4.69) is 5.32 Å². The maximum atomic E-state index is 12.3. The van der Waals surface area contributed by atoms with Crippen LogP contribution in [0, 0.1) is 0 Å². The van der Waals surface area contributed by atoms with Gasteiger partial charge in [-0.25, -0.2) is 0 Å². The number of para-hydroxylation sites is 1. The number of piperidine rings is 1. The Labute approximate surface area is 125 Å². The number of amides is 2. The molecule has 2 rings (SSSR count). The van der Waals surface area contributed by atoms with Gasteiger partial charge in [-0.2, -0.15) is 0 Å². The summed E-state index contributed by atoms with van der Waals surface area (Å²) in [6, 6.07) is 7.78. The van der Waals surface area contributed by atoms with Crippen molar-refractivity contribution in [2.75, 3.05) is 20.2 Å². The lowest BCUT2D eigenvalue weighted by Gasteiger charge is -2.32. The smallest absolute Gasteiger partial charge is 0.227 e. The number of benzene rings is 1. The molecule has 21 heavy (non-hydrogen) atoms. The van der Waals surface area contributed by atoms with Crippen molar-refractivity contribution in [2.45, 2.75) is 32.2 Å². The van der Waals surface area contributed by atoms with Gasteiger partial charge in [-0.1, -0.05) is 18.2 Å². The molecule has 0 atom stereocenters. The highest BCUT2D eigenvalue weighted by molar-refractivity contribution is 5.79. The van der Waals surface area contributed by atoms with Crippen LogP contribution in [0.2, 0.25) is 0 Å². The summed E-state index contributed by atoms with van der Waals surface area (Å²) in [5, 5.41) is 2.91. The molecule has 0 bridgehead atoms. The van der Waals surface area contributed by atoms with Gasteiger partial charge in [-0.05, 0) is 18.9 Å². The first kappa shape index (κ1) is 15.4. The number of hydrogen-bond acceptors (Lipinski definition) is 3. The molecule has 1 aromatic carbocycles. The third-order valence-electron chi connectivity index (χ3n) is 3.79. The zero-order chi connectivity index (χ0) is 15.2. The first-order valence-corrected chi connectivity index (χ1v) is 7.27. The van der Waals surface area contributed by atoms with Crippen molar-refractivity contribution < 1.29 is 14.3 Å². The number of rotatable bonds is 4. The molecule has 1 aromatic rings. The molecule has 1 saturated heterocycles. The highest BCUT2D eigenvalue weighted by atomic mass is 16.5. The zero-order valence-corrected chi connectivity index (χ0v) is 12.6. The number of nitrogens with one attached hydrogen (secondary N) is 1. The molecule has 0 saturated carbocycles. The lowest BCUT2D eigenvalue weighted by Crippen LogP contribution is -2.46. The highest BCUT2D eigenvalue weighted by Gasteiger charge is 2.23. The average molecular weight is 290 g/mol. The third kappa shape index (κ3) is 4.21. The molecule has 1 fully saturated rings. The summed E-state index contributed by atoms with van der Waals surface area (Å²) in [5.41, 5.74) is 0.911. The van der Waals surface area contributed by atoms with Crippen molar-refractivity contribution in [3.05, 3.63) is 29.8 Å². The van der Waals surface area contributed by atoms with Gasteiger partial charge in [0.25, 0.3) is 0 Å². The second kappa shape index (κ2) is 7.11. The average Bonchev–Trinajstić information content (AvgIpc) is 2.48. The van der Waals surface area contributed by atoms with E-state index in [1.165, 1.54) is 6.92 Å². The van der Waals surface area contributed by atoms with E-state index in [4.69, 9.17) is 4.74 Å². The molecule has 0 aromatic heterocycles. The second-order valence-corrected chi connectivity index (χ2v) is 5.34. The number of methoxy groups -OCH3 is 1. The Kier molecular flexibility index (Phi) is 5.20. The van der Waals surface area contributed by atoms with Crippen molar-refractivity contribution in [2.24, 2.45) is 0 Å².